The monoisotopic (exact) mass is 224 g/mol. The summed E-state index contributed by atoms with van der Waals surface area (Å²) in [4.78, 5) is 11.9. The second-order valence-electron chi connectivity index (χ2n) is 4.09. The van der Waals surface area contributed by atoms with Crippen LogP contribution in [0.25, 0.3) is 0 Å². The molecule has 0 spiro atoms. The molecular weight excluding hydrogens is 204 g/mol. The van der Waals surface area contributed by atoms with Crippen molar-refractivity contribution in [2.75, 3.05) is 6.54 Å². The highest BCUT2D eigenvalue weighted by molar-refractivity contribution is 5.94. The van der Waals surface area contributed by atoms with Gasteiger partial charge in [0.1, 0.15) is 12.0 Å². The molecule has 0 aromatic carbocycles. The van der Waals surface area contributed by atoms with Crippen molar-refractivity contribution in [2.45, 2.75) is 39.2 Å². The first-order valence-corrected chi connectivity index (χ1v) is 5.64. The van der Waals surface area contributed by atoms with Gasteiger partial charge in [0.2, 0.25) is 0 Å². The van der Waals surface area contributed by atoms with E-state index >= 15 is 0 Å². The van der Waals surface area contributed by atoms with Gasteiger partial charge < -0.3 is 15.5 Å². The maximum Gasteiger partial charge on any atom is 0.255 e. The number of nitrogens with two attached hydrogens (primary N) is 1. The zero-order valence-electron chi connectivity index (χ0n) is 10.2. The van der Waals surface area contributed by atoms with Gasteiger partial charge in [0.25, 0.3) is 5.91 Å². The third kappa shape index (κ3) is 2.64. The number of rotatable bonds is 5. The molecular formula is C12H20N2O2. The SMILES string of the molecule is CCC(CC)(CN)NC(=O)c1coc(C)c1. The van der Waals surface area contributed by atoms with Crippen molar-refractivity contribution in [1.82, 2.24) is 5.32 Å². The lowest BCUT2D eigenvalue weighted by molar-refractivity contribution is 0.0894. The Balaban J connectivity index is 2.76. The Bertz CT molecular complexity index is 345. The Morgan fingerprint density at radius 2 is 2.12 bits per heavy atom. The van der Waals surface area contributed by atoms with Crippen LogP contribution in [-0.2, 0) is 0 Å². The van der Waals surface area contributed by atoms with Gasteiger partial charge in [-0.05, 0) is 25.8 Å². The van der Waals surface area contributed by atoms with Gasteiger partial charge in [0.15, 0.2) is 0 Å². The quantitative estimate of drug-likeness (QED) is 0.801. The molecule has 0 aliphatic carbocycles. The summed E-state index contributed by atoms with van der Waals surface area (Å²) in [6.07, 6.45) is 3.11. The molecule has 1 aromatic heterocycles. The Hall–Kier alpha value is -1.29. The Labute approximate surface area is 96.2 Å². The first-order valence-electron chi connectivity index (χ1n) is 5.64. The zero-order valence-corrected chi connectivity index (χ0v) is 10.2. The zero-order chi connectivity index (χ0) is 12.2. The number of hydrogen-bond donors (Lipinski definition) is 2. The van der Waals surface area contributed by atoms with E-state index in [1.54, 1.807) is 6.07 Å². The van der Waals surface area contributed by atoms with Crippen LogP contribution in [0, 0.1) is 6.92 Å². The molecule has 1 heterocycles. The number of carbonyl (C=O) groups is 1. The number of nitrogens with one attached hydrogen (secondary N) is 1. The van der Waals surface area contributed by atoms with Gasteiger partial charge in [0.05, 0.1) is 11.1 Å². The average Bonchev–Trinajstić information content (AvgIpc) is 2.73. The molecule has 0 atom stereocenters. The Morgan fingerprint density at radius 1 is 1.50 bits per heavy atom. The van der Waals surface area contributed by atoms with Gasteiger partial charge in [0, 0.05) is 6.54 Å². The third-order valence-corrected chi connectivity index (χ3v) is 3.12. The minimum Gasteiger partial charge on any atom is -0.469 e. The van der Waals surface area contributed by atoms with Crippen LogP contribution >= 0.6 is 0 Å². The summed E-state index contributed by atoms with van der Waals surface area (Å²) < 4.78 is 5.11. The van der Waals surface area contributed by atoms with Crippen LogP contribution in [-0.4, -0.2) is 18.0 Å². The second kappa shape index (κ2) is 5.16. The molecule has 0 aliphatic rings. The van der Waals surface area contributed by atoms with E-state index in [4.69, 9.17) is 10.2 Å². The number of amides is 1. The predicted octanol–water partition coefficient (Wildman–Crippen LogP) is 1.84. The molecule has 0 fully saturated rings. The summed E-state index contributed by atoms with van der Waals surface area (Å²) in [5.41, 5.74) is 5.97. The molecule has 0 saturated heterocycles. The summed E-state index contributed by atoms with van der Waals surface area (Å²) in [5.74, 6) is 0.613. The van der Waals surface area contributed by atoms with E-state index in [2.05, 4.69) is 5.32 Å². The van der Waals surface area contributed by atoms with E-state index < -0.39 is 0 Å². The van der Waals surface area contributed by atoms with Crippen LogP contribution in [0.5, 0.6) is 0 Å². The summed E-state index contributed by atoms with van der Waals surface area (Å²) >= 11 is 0. The molecule has 0 radical (unpaired) electrons. The lowest BCUT2D eigenvalue weighted by Crippen LogP contribution is -2.52. The van der Waals surface area contributed by atoms with Crippen LogP contribution in [0.15, 0.2) is 16.7 Å². The maximum atomic E-state index is 11.9. The van der Waals surface area contributed by atoms with Crippen molar-refractivity contribution in [3.8, 4) is 0 Å². The molecule has 1 rings (SSSR count). The van der Waals surface area contributed by atoms with Crippen molar-refractivity contribution >= 4 is 5.91 Å². The molecule has 0 bridgehead atoms. The standard InChI is InChI=1S/C12H20N2O2/c1-4-12(5-2,8-13)14-11(15)10-6-9(3)16-7-10/h6-7H,4-5,8,13H2,1-3H3,(H,14,15). The maximum absolute atomic E-state index is 11.9. The van der Waals surface area contributed by atoms with Crippen LogP contribution in [0.2, 0.25) is 0 Å². The highest BCUT2D eigenvalue weighted by Crippen LogP contribution is 2.15. The van der Waals surface area contributed by atoms with E-state index in [1.807, 2.05) is 20.8 Å². The van der Waals surface area contributed by atoms with Gasteiger partial charge in [-0.1, -0.05) is 13.8 Å². The van der Waals surface area contributed by atoms with E-state index in [1.165, 1.54) is 6.26 Å². The molecule has 0 unspecified atom stereocenters. The van der Waals surface area contributed by atoms with Gasteiger partial charge in [-0.3, -0.25) is 4.79 Å². The summed E-state index contributed by atoms with van der Waals surface area (Å²) in [6.45, 7) is 6.31. The fraction of sp³-hybridized carbons (Fsp3) is 0.583. The molecule has 0 saturated carbocycles. The molecule has 3 N–H and O–H groups in total. The van der Waals surface area contributed by atoms with Crippen molar-refractivity contribution in [3.63, 3.8) is 0 Å². The lowest BCUT2D eigenvalue weighted by atomic mass is 9.92. The first kappa shape index (κ1) is 12.8. The highest BCUT2D eigenvalue weighted by Gasteiger charge is 2.27. The van der Waals surface area contributed by atoms with Gasteiger partial charge >= 0.3 is 0 Å². The summed E-state index contributed by atoms with van der Waals surface area (Å²) in [6, 6.07) is 1.72. The molecule has 4 nitrogen and oxygen atoms in total. The van der Waals surface area contributed by atoms with E-state index in [9.17, 15) is 4.79 Å². The lowest BCUT2D eigenvalue weighted by Gasteiger charge is -2.31. The molecule has 90 valence electrons. The molecule has 0 aliphatic heterocycles. The number of furan rings is 1. The van der Waals surface area contributed by atoms with Crippen molar-refractivity contribution in [3.05, 3.63) is 23.7 Å². The van der Waals surface area contributed by atoms with Crippen LogP contribution in [0.1, 0.15) is 42.8 Å². The molecule has 1 amide bonds. The van der Waals surface area contributed by atoms with E-state index in [0.717, 1.165) is 18.6 Å². The fourth-order valence-corrected chi connectivity index (χ4v) is 1.64. The van der Waals surface area contributed by atoms with Gasteiger partial charge in [-0.25, -0.2) is 0 Å². The minimum atomic E-state index is -0.303. The largest absolute Gasteiger partial charge is 0.469 e. The minimum absolute atomic E-state index is 0.119. The smallest absolute Gasteiger partial charge is 0.255 e. The van der Waals surface area contributed by atoms with E-state index in [-0.39, 0.29) is 11.4 Å². The first-order chi connectivity index (χ1) is 7.56. The molecule has 4 heteroatoms. The fourth-order valence-electron chi connectivity index (χ4n) is 1.64. The van der Waals surface area contributed by atoms with Crippen molar-refractivity contribution < 1.29 is 9.21 Å². The Kier molecular flexibility index (Phi) is 4.12. The van der Waals surface area contributed by atoms with Crippen molar-refractivity contribution in [2.24, 2.45) is 5.73 Å². The van der Waals surface area contributed by atoms with E-state index in [0.29, 0.717) is 12.1 Å². The summed E-state index contributed by atoms with van der Waals surface area (Å²) in [7, 11) is 0. The Morgan fingerprint density at radius 3 is 2.50 bits per heavy atom. The normalized spacial score (nSPS) is 11.5. The molecule has 16 heavy (non-hydrogen) atoms. The number of hydrogen-bond acceptors (Lipinski definition) is 3. The second-order valence-corrected chi connectivity index (χ2v) is 4.09. The average molecular weight is 224 g/mol. The number of aryl methyl sites for hydroxylation is 1. The molecule has 1 aromatic rings. The summed E-state index contributed by atoms with van der Waals surface area (Å²) in [5, 5.41) is 2.99. The van der Waals surface area contributed by atoms with Crippen LogP contribution in [0.3, 0.4) is 0 Å². The van der Waals surface area contributed by atoms with Crippen molar-refractivity contribution in [1.29, 1.82) is 0 Å². The van der Waals surface area contributed by atoms with Gasteiger partial charge in [-0.15, -0.1) is 0 Å². The number of carbonyl (C=O) groups excluding carboxylic acids is 1. The highest BCUT2D eigenvalue weighted by atomic mass is 16.3. The predicted molar refractivity (Wildman–Crippen MR) is 63.3 cm³/mol. The van der Waals surface area contributed by atoms with Gasteiger partial charge in [-0.2, -0.15) is 0 Å². The third-order valence-electron chi connectivity index (χ3n) is 3.12. The topological polar surface area (TPSA) is 68.3 Å². The van der Waals surface area contributed by atoms with Crippen LogP contribution < -0.4 is 11.1 Å². The van der Waals surface area contributed by atoms with Crippen LogP contribution in [0.4, 0.5) is 0 Å².